The lowest BCUT2D eigenvalue weighted by molar-refractivity contribution is -0.0245. The van der Waals surface area contributed by atoms with Crippen LogP contribution in [0.5, 0.6) is 0 Å². The van der Waals surface area contributed by atoms with Gasteiger partial charge >= 0.3 is 0 Å². The van der Waals surface area contributed by atoms with E-state index in [4.69, 9.17) is 9.47 Å². The van der Waals surface area contributed by atoms with E-state index in [0.29, 0.717) is 12.2 Å². The maximum Gasteiger partial charge on any atom is 0.0869 e. The Morgan fingerprint density at radius 1 is 1.23 bits per heavy atom. The summed E-state index contributed by atoms with van der Waals surface area (Å²) in [6.45, 7) is 5.15. The first-order valence-corrected chi connectivity index (χ1v) is 9.06. The fourth-order valence-electron chi connectivity index (χ4n) is 4.05. The second kappa shape index (κ2) is 7.14. The zero-order valence-electron chi connectivity index (χ0n) is 14.1. The topological polar surface area (TPSA) is 18.5 Å². The average molecular weight is 302 g/mol. The Labute approximate surface area is 135 Å². The molecule has 3 unspecified atom stereocenters. The van der Waals surface area contributed by atoms with Crippen molar-refractivity contribution in [3.63, 3.8) is 0 Å². The normalized spacial score (nSPS) is 30.1. The van der Waals surface area contributed by atoms with E-state index in [1.807, 2.05) is 0 Å². The van der Waals surface area contributed by atoms with Gasteiger partial charge in [0.15, 0.2) is 0 Å². The summed E-state index contributed by atoms with van der Waals surface area (Å²) in [5, 5.41) is 0. The molecule has 2 fully saturated rings. The van der Waals surface area contributed by atoms with Gasteiger partial charge in [-0.25, -0.2) is 0 Å². The highest BCUT2D eigenvalue weighted by Crippen LogP contribution is 2.48. The molecule has 0 aliphatic carbocycles. The maximum absolute atomic E-state index is 6.35. The van der Waals surface area contributed by atoms with E-state index in [9.17, 15) is 0 Å². The molecule has 1 aromatic rings. The van der Waals surface area contributed by atoms with Gasteiger partial charge in [-0.2, -0.15) is 0 Å². The molecule has 2 heterocycles. The van der Waals surface area contributed by atoms with E-state index in [1.54, 1.807) is 0 Å². The van der Waals surface area contributed by atoms with Crippen molar-refractivity contribution in [2.75, 3.05) is 0 Å². The monoisotopic (exact) mass is 302 g/mol. The van der Waals surface area contributed by atoms with Crippen molar-refractivity contribution >= 4 is 0 Å². The summed E-state index contributed by atoms with van der Waals surface area (Å²) in [6.07, 6.45) is 10.7. The molecule has 3 rings (SSSR count). The van der Waals surface area contributed by atoms with E-state index in [-0.39, 0.29) is 5.60 Å². The molecule has 22 heavy (non-hydrogen) atoms. The van der Waals surface area contributed by atoms with Gasteiger partial charge in [-0.15, -0.1) is 0 Å². The maximum atomic E-state index is 6.35. The third kappa shape index (κ3) is 3.55. The van der Waals surface area contributed by atoms with Crippen LogP contribution in [-0.2, 0) is 16.1 Å². The van der Waals surface area contributed by atoms with Gasteiger partial charge in [0, 0.05) is 6.42 Å². The number of ether oxygens (including phenoxy) is 2. The molecule has 2 aliphatic rings. The summed E-state index contributed by atoms with van der Waals surface area (Å²) < 4.78 is 12.6. The van der Waals surface area contributed by atoms with Crippen molar-refractivity contribution in [2.24, 2.45) is 0 Å². The number of fused-ring (bicyclic) bond motifs is 2. The van der Waals surface area contributed by atoms with Crippen molar-refractivity contribution in [3.8, 4) is 0 Å². The second-order valence-corrected chi connectivity index (χ2v) is 7.17. The van der Waals surface area contributed by atoms with Crippen LogP contribution in [0.25, 0.3) is 0 Å². The molecule has 122 valence electrons. The first-order valence-electron chi connectivity index (χ1n) is 9.06. The summed E-state index contributed by atoms with van der Waals surface area (Å²) in [4.78, 5) is 0. The van der Waals surface area contributed by atoms with Crippen LogP contribution in [-0.4, -0.2) is 17.8 Å². The number of unbranched alkanes of at least 4 members (excludes halogenated alkanes) is 3. The predicted molar refractivity (Wildman–Crippen MR) is 90.0 cm³/mol. The van der Waals surface area contributed by atoms with Crippen LogP contribution in [0.2, 0.25) is 0 Å². The van der Waals surface area contributed by atoms with Gasteiger partial charge < -0.3 is 9.47 Å². The van der Waals surface area contributed by atoms with Gasteiger partial charge in [0.05, 0.1) is 24.4 Å². The number of aryl methyl sites for hydroxylation is 1. The molecule has 2 saturated heterocycles. The highest BCUT2D eigenvalue weighted by Gasteiger charge is 2.51. The molecule has 0 saturated carbocycles. The van der Waals surface area contributed by atoms with E-state index in [2.05, 4.69) is 38.1 Å². The molecule has 0 amide bonds. The Balaban J connectivity index is 1.49. The van der Waals surface area contributed by atoms with Crippen molar-refractivity contribution in [2.45, 2.75) is 89.6 Å². The van der Waals surface area contributed by atoms with Crippen LogP contribution in [0.3, 0.4) is 0 Å². The summed E-state index contributed by atoms with van der Waals surface area (Å²) in [5.74, 6) is 0. The first-order chi connectivity index (χ1) is 10.7. The van der Waals surface area contributed by atoms with Gasteiger partial charge in [0.25, 0.3) is 0 Å². The zero-order valence-corrected chi connectivity index (χ0v) is 14.1. The lowest BCUT2D eigenvalue weighted by atomic mass is 9.83. The summed E-state index contributed by atoms with van der Waals surface area (Å²) in [7, 11) is 0. The van der Waals surface area contributed by atoms with Gasteiger partial charge in [-0.1, -0.05) is 56.9 Å². The molecule has 0 aromatic heterocycles. The van der Waals surface area contributed by atoms with E-state index < -0.39 is 0 Å². The van der Waals surface area contributed by atoms with E-state index in [0.717, 1.165) is 13.0 Å². The third-order valence-electron chi connectivity index (χ3n) is 5.47. The molecule has 2 bridgehead atoms. The lowest BCUT2D eigenvalue weighted by Gasteiger charge is -2.27. The van der Waals surface area contributed by atoms with E-state index >= 15 is 0 Å². The Morgan fingerprint density at radius 3 is 2.91 bits per heavy atom. The summed E-state index contributed by atoms with van der Waals surface area (Å²) in [6, 6.07) is 8.51. The number of hydrogen-bond acceptors (Lipinski definition) is 2. The SMILES string of the molecule is CCCCCCC12CCC(O1)C(OCc1ccccc1C)C2. The van der Waals surface area contributed by atoms with Crippen LogP contribution in [0.1, 0.15) is 69.4 Å². The Kier molecular flexibility index (Phi) is 5.20. The third-order valence-corrected chi connectivity index (χ3v) is 5.47. The van der Waals surface area contributed by atoms with Gasteiger partial charge in [-0.05, 0) is 37.3 Å². The minimum Gasteiger partial charge on any atom is -0.371 e. The van der Waals surface area contributed by atoms with Gasteiger partial charge in [0.1, 0.15) is 0 Å². The van der Waals surface area contributed by atoms with Gasteiger partial charge in [-0.3, -0.25) is 0 Å². The molecule has 0 radical (unpaired) electrons. The van der Waals surface area contributed by atoms with Crippen molar-refractivity contribution in [1.29, 1.82) is 0 Å². The van der Waals surface area contributed by atoms with Crippen LogP contribution < -0.4 is 0 Å². The quantitative estimate of drug-likeness (QED) is 0.617. The number of benzene rings is 1. The molecule has 2 heteroatoms. The molecular formula is C20H30O2. The average Bonchev–Trinajstić information content (AvgIpc) is 3.09. The van der Waals surface area contributed by atoms with Gasteiger partial charge in [0.2, 0.25) is 0 Å². The predicted octanol–water partition coefficient (Wildman–Crippen LogP) is 5.17. The molecule has 0 spiro atoms. The second-order valence-electron chi connectivity index (χ2n) is 7.17. The minimum atomic E-state index is 0.148. The Bertz CT molecular complexity index is 484. The number of rotatable bonds is 8. The summed E-state index contributed by atoms with van der Waals surface area (Å²) >= 11 is 0. The standard InChI is InChI=1S/C20H30O2/c1-3-4-5-8-12-20-13-11-18(22-20)19(14-20)21-15-17-10-7-6-9-16(17)2/h6-7,9-10,18-19H,3-5,8,11-15H2,1-2H3. The van der Waals surface area contributed by atoms with Crippen LogP contribution in [0.15, 0.2) is 24.3 Å². The molecule has 3 atom stereocenters. The van der Waals surface area contributed by atoms with Crippen LogP contribution >= 0.6 is 0 Å². The largest absolute Gasteiger partial charge is 0.371 e. The van der Waals surface area contributed by atoms with Crippen molar-refractivity contribution < 1.29 is 9.47 Å². The molecule has 2 aliphatic heterocycles. The van der Waals surface area contributed by atoms with E-state index in [1.165, 1.54) is 56.1 Å². The fraction of sp³-hybridized carbons (Fsp3) is 0.700. The van der Waals surface area contributed by atoms with Crippen molar-refractivity contribution in [1.82, 2.24) is 0 Å². The lowest BCUT2D eigenvalue weighted by Crippen LogP contribution is -2.30. The zero-order chi connectivity index (χ0) is 15.4. The smallest absolute Gasteiger partial charge is 0.0869 e. The molecule has 1 aromatic carbocycles. The van der Waals surface area contributed by atoms with Crippen LogP contribution in [0.4, 0.5) is 0 Å². The first kappa shape index (κ1) is 16.0. The molecule has 0 N–H and O–H groups in total. The molecule has 2 nitrogen and oxygen atoms in total. The summed E-state index contributed by atoms with van der Waals surface area (Å²) in [5.41, 5.74) is 2.78. The Morgan fingerprint density at radius 2 is 2.09 bits per heavy atom. The van der Waals surface area contributed by atoms with Crippen molar-refractivity contribution in [3.05, 3.63) is 35.4 Å². The molecular weight excluding hydrogens is 272 g/mol. The highest BCUT2D eigenvalue weighted by atomic mass is 16.6. The Hall–Kier alpha value is -0.860. The fourth-order valence-corrected chi connectivity index (χ4v) is 4.05. The minimum absolute atomic E-state index is 0.148. The number of hydrogen-bond donors (Lipinski definition) is 0. The van der Waals surface area contributed by atoms with Crippen LogP contribution in [0, 0.1) is 6.92 Å². The highest BCUT2D eigenvalue weighted by molar-refractivity contribution is 5.24.